The van der Waals surface area contributed by atoms with Gasteiger partial charge in [0.25, 0.3) is 0 Å². The van der Waals surface area contributed by atoms with E-state index in [1.165, 1.54) is 19.2 Å². The second kappa shape index (κ2) is 7.64. The number of hydrogen-bond acceptors (Lipinski definition) is 2. The summed E-state index contributed by atoms with van der Waals surface area (Å²) in [5, 5.41) is 5.85. The lowest BCUT2D eigenvalue weighted by Crippen LogP contribution is -2.24. The first kappa shape index (κ1) is 18.2. The van der Waals surface area contributed by atoms with Gasteiger partial charge in [0, 0.05) is 40.6 Å². The number of halogens is 3. The number of urea groups is 1. The Hall–Kier alpha value is -1.11. The number of nitrogens with one attached hydrogen (secondary N) is 2. The minimum absolute atomic E-state index is 0.196. The summed E-state index contributed by atoms with van der Waals surface area (Å²) in [6.07, 6.45) is 0. The molecular formula is C15H13Cl3N2O2S. The van der Waals surface area contributed by atoms with Crippen molar-refractivity contribution in [2.75, 3.05) is 12.4 Å². The number of amides is 2. The van der Waals surface area contributed by atoms with E-state index in [0.717, 1.165) is 5.56 Å². The molecule has 2 N–H and O–H groups in total. The van der Waals surface area contributed by atoms with E-state index in [1.807, 2.05) is 6.92 Å². The van der Waals surface area contributed by atoms with Gasteiger partial charge in [0.05, 0.1) is 10.0 Å². The van der Waals surface area contributed by atoms with Crippen molar-refractivity contribution in [2.45, 2.75) is 16.7 Å². The molecule has 0 spiro atoms. The minimum Gasteiger partial charge on any atom is -0.606 e. The topological polar surface area (TPSA) is 64.2 Å². The molecule has 0 heterocycles. The van der Waals surface area contributed by atoms with Crippen molar-refractivity contribution in [1.82, 2.24) is 5.32 Å². The van der Waals surface area contributed by atoms with Crippen molar-refractivity contribution in [3.05, 3.63) is 51.0 Å². The molecular weight excluding hydrogens is 379 g/mol. The molecule has 2 amide bonds. The third kappa shape index (κ3) is 4.25. The summed E-state index contributed by atoms with van der Waals surface area (Å²) in [5.41, 5.74) is 1.22. The maximum absolute atomic E-state index is 12.8. The average molecular weight is 392 g/mol. The summed E-state index contributed by atoms with van der Waals surface area (Å²) in [6, 6.07) is 7.70. The standard InChI is InChI=1S/C15H13Cl3N2O2S/c1-8-3-4-9(16)5-13(8)23(22)14-11(17)6-10(7-12(14)18)20-15(21)19-2/h3-7H,1-2H3,(H2,19,20,21). The molecule has 2 rings (SSSR count). The van der Waals surface area contributed by atoms with Crippen LogP contribution in [0.15, 0.2) is 40.1 Å². The molecule has 4 nitrogen and oxygen atoms in total. The SMILES string of the molecule is CNC(=O)Nc1cc(Cl)c([S+]([O-])c2cc(Cl)ccc2C)c(Cl)c1. The van der Waals surface area contributed by atoms with E-state index in [4.69, 9.17) is 34.8 Å². The van der Waals surface area contributed by atoms with Crippen molar-refractivity contribution in [3.8, 4) is 0 Å². The maximum Gasteiger partial charge on any atom is 0.318 e. The van der Waals surface area contributed by atoms with Crippen molar-refractivity contribution < 1.29 is 9.35 Å². The predicted octanol–water partition coefficient (Wildman–Crippen LogP) is 4.87. The molecule has 0 aromatic heterocycles. The Bertz CT molecular complexity index is 732. The van der Waals surface area contributed by atoms with Gasteiger partial charge < -0.3 is 15.2 Å². The zero-order valence-electron chi connectivity index (χ0n) is 12.2. The Labute approximate surface area is 152 Å². The first-order chi connectivity index (χ1) is 10.8. The van der Waals surface area contributed by atoms with Gasteiger partial charge in [-0.3, -0.25) is 0 Å². The molecule has 2 aromatic carbocycles. The molecule has 1 unspecified atom stereocenters. The molecule has 1 atom stereocenters. The van der Waals surface area contributed by atoms with E-state index < -0.39 is 17.2 Å². The van der Waals surface area contributed by atoms with E-state index >= 15 is 0 Å². The van der Waals surface area contributed by atoms with Crippen molar-refractivity contribution >= 4 is 57.7 Å². The van der Waals surface area contributed by atoms with Crippen LogP contribution in [0.4, 0.5) is 10.5 Å². The highest BCUT2D eigenvalue weighted by Crippen LogP contribution is 2.37. The highest BCUT2D eigenvalue weighted by atomic mass is 35.5. The highest BCUT2D eigenvalue weighted by molar-refractivity contribution is 7.91. The molecule has 0 radical (unpaired) electrons. The molecule has 0 saturated carbocycles. The second-order valence-corrected chi connectivity index (χ2v) is 7.29. The summed E-state index contributed by atoms with van der Waals surface area (Å²) < 4.78 is 12.8. The lowest BCUT2D eigenvalue weighted by Gasteiger charge is -2.16. The number of rotatable bonds is 3. The van der Waals surface area contributed by atoms with Gasteiger partial charge in [0.15, 0.2) is 9.79 Å². The van der Waals surface area contributed by atoms with Gasteiger partial charge in [-0.2, -0.15) is 0 Å². The highest BCUT2D eigenvalue weighted by Gasteiger charge is 2.25. The number of benzene rings is 2. The third-order valence-corrected chi connectivity index (χ3v) is 5.72. The van der Waals surface area contributed by atoms with Crippen LogP contribution in [-0.4, -0.2) is 17.6 Å². The second-order valence-electron chi connectivity index (χ2n) is 4.65. The average Bonchev–Trinajstić information content (AvgIpc) is 2.48. The molecule has 2 aromatic rings. The van der Waals surface area contributed by atoms with Gasteiger partial charge in [-0.15, -0.1) is 0 Å². The Kier molecular flexibility index (Phi) is 6.06. The molecule has 0 saturated heterocycles. The minimum atomic E-state index is -1.59. The van der Waals surface area contributed by atoms with Gasteiger partial charge in [0.2, 0.25) is 0 Å². The van der Waals surface area contributed by atoms with Gasteiger partial charge in [0.1, 0.15) is 0 Å². The summed E-state index contributed by atoms with van der Waals surface area (Å²) in [6.45, 7) is 1.83. The Morgan fingerprint density at radius 2 is 1.74 bits per heavy atom. The molecule has 0 aliphatic rings. The van der Waals surface area contributed by atoms with E-state index in [-0.39, 0.29) is 14.9 Å². The summed E-state index contributed by atoms with van der Waals surface area (Å²) in [5.74, 6) is 0. The summed E-state index contributed by atoms with van der Waals surface area (Å²) >= 11 is 16.8. The normalized spacial score (nSPS) is 11.9. The van der Waals surface area contributed by atoms with Gasteiger partial charge >= 0.3 is 6.03 Å². The monoisotopic (exact) mass is 390 g/mol. The Morgan fingerprint density at radius 3 is 2.30 bits per heavy atom. The molecule has 0 fully saturated rings. The van der Waals surface area contributed by atoms with Crippen LogP contribution in [0.25, 0.3) is 0 Å². The zero-order valence-corrected chi connectivity index (χ0v) is 15.3. The quantitative estimate of drug-likeness (QED) is 0.733. The number of carbonyl (C=O) groups is 1. The Morgan fingerprint density at radius 1 is 1.13 bits per heavy atom. The van der Waals surface area contributed by atoms with Crippen molar-refractivity contribution in [2.24, 2.45) is 0 Å². The predicted molar refractivity (Wildman–Crippen MR) is 95.4 cm³/mol. The molecule has 122 valence electrons. The fourth-order valence-corrected chi connectivity index (χ4v) is 4.32. The molecule has 0 aliphatic carbocycles. The van der Waals surface area contributed by atoms with Gasteiger partial charge in [-0.25, -0.2) is 4.79 Å². The van der Waals surface area contributed by atoms with Crippen LogP contribution in [0.1, 0.15) is 5.56 Å². The first-order valence-corrected chi connectivity index (χ1v) is 8.77. The molecule has 8 heteroatoms. The van der Waals surface area contributed by atoms with E-state index in [9.17, 15) is 9.35 Å². The fraction of sp³-hybridized carbons (Fsp3) is 0.133. The third-order valence-electron chi connectivity index (χ3n) is 3.02. The number of anilines is 1. The molecule has 23 heavy (non-hydrogen) atoms. The summed E-state index contributed by atoms with van der Waals surface area (Å²) in [7, 11) is 1.49. The van der Waals surface area contributed by atoms with Crippen LogP contribution in [0.2, 0.25) is 15.1 Å². The Balaban J connectivity index is 2.43. The van der Waals surface area contributed by atoms with Crippen molar-refractivity contribution in [3.63, 3.8) is 0 Å². The number of carbonyl (C=O) groups excluding carboxylic acids is 1. The van der Waals surface area contributed by atoms with Crippen LogP contribution in [0, 0.1) is 6.92 Å². The van der Waals surface area contributed by atoms with E-state index in [0.29, 0.717) is 15.6 Å². The van der Waals surface area contributed by atoms with Crippen LogP contribution in [0.5, 0.6) is 0 Å². The van der Waals surface area contributed by atoms with E-state index in [1.54, 1.807) is 18.2 Å². The number of hydrogen-bond donors (Lipinski definition) is 2. The van der Waals surface area contributed by atoms with Crippen LogP contribution < -0.4 is 10.6 Å². The van der Waals surface area contributed by atoms with Crippen molar-refractivity contribution in [1.29, 1.82) is 0 Å². The lowest BCUT2D eigenvalue weighted by atomic mass is 10.2. The van der Waals surface area contributed by atoms with E-state index in [2.05, 4.69) is 10.6 Å². The summed E-state index contributed by atoms with van der Waals surface area (Å²) in [4.78, 5) is 12.2. The largest absolute Gasteiger partial charge is 0.606 e. The lowest BCUT2D eigenvalue weighted by molar-refractivity contribution is 0.254. The zero-order chi connectivity index (χ0) is 17.1. The van der Waals surface area contributed by atoms with Gasteiger partial charge in [-0.05, 0) is 25.1 Å². The molecule has 0 aliphatic heterocycles. The van der Waals surface area contributed by atoms with Gasteiger partial charge in [-0.1, -0.05) is 40.9 Å². The fourth-order valence-electron chi connectivity index (χ4n) is 1.89. The smallest absolute Gasteiger partial charge is 0.318 e. The first-order valence-electron chi connectivity index (χ1n) is 6.49. The van der Waals surface area contributed by atoms with Crippen LogP contribution in [0.3, 0.4) is 0 Å². The van der Waals surface area contributed by atoms with Crippen LogP contribution >= 0.6 is 34.8 Å². The maximum atomic E-state index is 12.8. The molecule has 0 bridgehead atoms. The number of aryl methyl sites for hydroxylation is 1. The van der Waals surface area contributed by atoms with Crippen LogP contribution in [-0.2, 0) is 11.2 Å².